The Labute approximate surface area is 131 Å². The molecule has 0 spiro atoms. The summed E-state index contributed by atoms with van der Waals surface area (Å²) in [6.07, 6.45) is 0. The highest BCUT2D eigenvalue weighted by molar-refractivity contribution is 9.10. The average Bonchev–Trinajstić information content (AvgIpc) is 2.46. The van der Waals surface area contributed by atoms with Crippen LogP contribution >= 0.6 is 15.9 Å². The number of carbonyl (C=O) groups excluding carboxylic acids is 2. The van der Waals surface area contributed by atoms with Crippen LogP contribution in [0, 0.1) is 0 Å². The molecule has 2 rings (SSSR count). The standard InChI is InChI=1S/C16H15BrN2O2/c1-11(20)12-6-4-7-14(9-12)19-16(21)18-10-13-5-2-3-8-15(13)17/h2-9H,10H2,1H3,(H2,18,19,21). The highest BCUT2D eigenvalue weighted by atomic mass is 79.9. The predicted molar refractivity (Wildman–Crippen MR) is 86.4 cm³/mol. The van der Waals surface area contributed by atoms with Gasteiger partial charge in [-0.3, -0.25) is 4.79 Å². The summed E-state index contributed by atoms with van der Waals surface area (Å²) >= 11 is 3.43. The topological polar surface area (TPSA) is 58.2 Å². The van der Waals surface area contributed by atoms with Crippen molar-refractivity contribution in [3.8, 4) is 0 Å². The Kier molecular flexibility index (Phi) is 5.11. The summed E-state index contributed by atoms with van der Waals surface area (Å²) in [7, 11) is 0. The van der Waals surface area contributed by atoms with Crippen LogP contribution in [0.3, 0.4) is 0 Å². The molecule has 2 N–H and O–H groups in total. The number of Topliss-reactive ketones (excluding diaryl/α,β-unsaturated/α-hetero) is 1. The fraction of sp³-hybridized carbons (Fsp3) is 0.125. The normalized spacial score (nSPS) is 10.0. The van der Waals surface area contributed by atoms with E-state index in [2.05, 4.69) is 26.6 Å². The summed E-state index contributed by atoms with van der Waals surface area (Å²) in [6, 6.07) is 14.2. The molecule has 108 valence electrons. The summed E-state index contributed by atoms with van der Waals surface area (Å²) < 4.78 is 0.948. The Morgan fingerprint density at radius 2 is 1.86 bits per heavy atom. The first-order valence-electron chi connectivity index (χ1n) is 6.45. The summed E-state index contributed by atoms with van der Waals surface area (Å²) in [5, 5.41) is 5.48. The van der Waals surface area contributed by atoms with Crippen LogP contribution in [0.1, 0.15) is 22.8 Å². The van der Waals surface area contributed by atoms with Gasteiger partial charge in [-0.2, -0.15) is 0 Å². The monoisotopic (exact) mass is 346 g/mol. The van der Waals surface area contributed by atoms with E-state index < -0.39 is 0 Å². The SMILES string of the molecule is CC(=O)c1cccc(NC(=O)NCc2ccccc2Br)c1. The largest absolute Gasteiger partial charge is 0.334 e. The van der Waals surface area contributed by atoms with Gasteiger partial charge in [0.2, 0.25) is 0 Å². The van der Waals surface area contributed by atoms with Crippen molar-refractivity contribution >= 4 is 33.4 Å². The fourth-order valence-corrected chi connectivity index (χ4v) is 2.23. The molecule has 0 aromatic heterocycles. The fourth-order valence-electron chi connectivity index (χ4n) is 1.81. The van der Waals surface area contributed by atoms with E-state index in [0.29, 0.717) is 17.8 Å². The second-order valence-corrected chi connectivity index (χ2v) is 5.39. The molecular formula is C16H15BrN2O2. The molecule has 0 saturated heterocycles. The molecule has 0 aliphatic rings. The van der Waals surface area contributed by atoms with Crippen molar-refractivity contribution in [2.24, 2.45) is 0 Å². The van der Waals surface area contributed by atoms with Gasteiger partial charge in [-0.1, -0.05) is 46.3 Å². The van der Waals surface area contributed by atoms with E-state index in [-0.39, 0.29) is 11.8 Å². The van der Waals surface area contributed by atoms with Crippen molar-refractivity contribution < 1.29 is 9.59 Å². The number of hydrogen-bond acceptors (Lipinski definition) is 2. The maximum atomic E-state index is 11.9. The minimum Gasteiger partial charge on any atom is -0.334 e. The third-order valence-electron chi connectivity index (χ3n) is 2.92. The molecule has 0 saturated carbocycles. The van der Waals surface area contributed by atoms with Gasteiger partial charge in [0.15, 0.2) is 5.78 Å². The van der Waals surface area contributed by atoms with Gasteiger partial charge in [-0.15, -0.1) is 0 Å². The van der Waals surface area contributed by atoms with Crippen LogP contribution in [-0.2, 0) is 6.54 Å². The molecule has 0 fully saturated rings. The first-order valence-corrected chi connectivity index (χ1v) is 7.25. The number of halogens is 1. The van der Waals surface area contributed by atoms with Crippen LogP contribution in [0.4, 0.5) is 10.5 Å². The van der Waals surface area contributed by atoms with Crippen LogP contribution < -0.4 is 10.6 Å². The van der Waals surface area contributed by atoms with Crippen molar-refractivity contribution in [2.75, 3.05) is 5.32 Å². The average molecular weight is 347 g/mol. The van der Waals surface area contributed by atoms with Gasteiger partial charge < -0.3 is 10.6 Å². The second kappa shape index (κ2) is 7.04. The lowest BCUT2D eigenvalue weighted by Gasteiger charge is -2.09. The first kappa shape index (κ1) is 15.3. The van der Waals surface area contributed by atoms with Crippen molar-refractivity contribution in [3.63, 3.8) is 0 Å². The highest BCUT2D eigenvalue weighted by Gasteiger charge is 2.05. The quantitative estimate of drug-likeness (QED) is 0.822. The minimum atomic E-state index is -0.313. The molecule has 2 amide bonds. The van der Waals surface area contributed by atoms with E-state index in [4.69, 9.17) is 0 Å². The molecule has 0 radical (unpaired) electrons. The molecule has 0 unspecified atom stereocenters. The number of ketones is 1. The van der Waals surface area contributed by atoms with E-state index in [1.807, 2.05) is 24.3 Å². The molecule has 2 aromatic rings. The number of benzene rings is 2. The van der Waals surface area contributed by atoms with Crippen LogP contribution in [0.5, 0.6) is 0 Å². The summed E-state index contributed by atoms with van der Waals surface area (Å²) in [5.41, 5.74) is 2.15. The van der Waals surface area contributed by atoms with Gasteiger partial charge >= 0.3 is 6.03 Å². The Balaban J connectivity index is 1.95. The van der Waals surface area contributed by atoms with E-state index in [0.717, 1.165) is 10.0 Å². The van der Waals surface area contributed by atoms with Crippen molar-refractivity contribution in [3.05, 3.63) is 64.1 Å². The van der Waals surface area contributed by atoms with Crippen molar-refractivity contribution in [2.45, 2.75) is 13.5 Å². The number of urea groups is 1. The summed E-state index contributed by atoms with van der Waals surface area (Å²) in [6.45, 7) is 1.91. The van der Waals surface area contributed by atoms with Crippen LogP contribution in [0.25, 0.3) is 0 Å². The zero-order valence-electron chi connectivity index (χ0n) is 11.5. The third kappa shape index (κ3) is 4.43. The lowest BCUT2D eigenvalue weighted by atomic mass is 10.1. The number of amides is 2. The zero-order valence-corrected chi connectivity index (χ0v) is 13.1. The van der Waals surface area contributed by atoms with Gasteiger partial charge in [0, 0.05) is 22.3 Å². The molecule has 0 atom stereocenters. The first-order chi connectivity index (χ1) is 10.1. The van der Waals surface area contributed by atoms with Gasteiger partial charge in [0.25, 0.3) is 0 Å². The number of rotatable bonds is 4. The lowest BCUT2D eigenvalue weighted by Crippen LogP contribution is -2.28. The molecular weight excluding hydrogens is 332 g/mol. The number of nitrogens with one attached hydrogen (secondary N) is 2. The molecule has 4 nitrogen and oxygen atoms in total. The summed E-state index contributed by atoms with van der Waals surface area (Å²) in [4.78, 5) is 23.2. The maximum absolute atomic E-state index is 11.9. The molecule has 21 heavy (non-hydrogen) atoms. The Bertz CT molecular complexity index is 671. The predicted octanol–water partition coefficient (Wildman–Crippen LogP) is 3.97. The van der Waals surface area contributed by atoms with E-state index in [9.17, 15) is 9.59 Å². The van der Waals surface area contributed by atoms with Crippen LogP contribution in [0.2, 0.25) is 0 Å². The summed E-state index contributed by atoms with van der Waals surface area (Å²) in [5.74, 6) is -0.0349. The molecule has 2 aromatic carbocycles. The van der Waals surface area contributed by atoms with Crippen molar-refractivity contribution in [1.29, 1.82) is 0 Å². The van der Waals surface area contributed by atoms with Gasteiger partial charge in [-0.25, -0.2) is 4.79 Å². The van der Waals surface area contributed by atoms with E-state index in [1.165, 1.54) is 6.92 Å². The Hall–Kier alpha value is -2.14. The molecule has 0 aliphatic heterocycles. The van der Waals surface area contributed by atoms with E-state index >= 15 is 0 Å². The van der Waals surface area contributed by atoms with Crippen LogP contribution in [0.15, 0.2) is 53.0 Å². The Morgan fingerprint density at radius 1 is 1.10 bits per heavy atom. The lowest BCUT2D eigenvalue weighted by molar-refractivity contribution is 0.101. The van der Waals surface area contributed by atoms with Crippen molar-refractivity contribution in [1.82, 2.24) is 5.32 Å². The number of carbonyl (C=O) groups is 2. The Morgan fingerprint density at radius 3 is 2.57 bits per heavy atom. The number of hydrogen-bond donors (Lipinski definition) is 2. The van der Waals surface area contributed by atoms with Gasteiger partial charge in [0.1, 0.15) is 0 Å². The minimum absolute atomic E-state index is 0.0349. The van der Waals surface area contributed by atoms with Gasteiger partial charge in [-0.05, 0) is 30.7 Å². The zero-order chi connectivity index (χ0) is 15.2. The highest BCUT2D eigenvalue weighted by Crippen LogP contribution is 2.15. The molecule has 0 aliphatic carbocycles. The maximum Gasteiger partial charge on any atom is 0.319 e. The molecule has 0 bridgehead atoms. The molecule has 5 heteroatoms. The van der Waals surface area contributed by atoms with E-state index in [1.54, 1.807) is 24.3 Å². The number of anilines is 1. The second-order valence-electron chi connectivity index (χ2n) is 4.54. The van der Waals surface area contributed by atoms with Gasteiger partial charge in [0.05, 0.1) is 0 Å². The molecule has 0 heterocycles. The third-order valence-corrected chi connectivity index (χ3v) is 3.70. The van der Waals surface area contributed by atoms with Crippen LogP contribution in [-0.4, -0.2) is 11.8 Å². The smallest absolute Gasteiger partial charge is 0.319 e.